The topological polar surface area (TPSA) is 66.6 Å². The maximum Gasteiger partial charge on any atom is 0.315 e. The van der Waals surface area contributed by atoms with E-state index in [0.29, 0.717) is 12.1 Å². The Hall–Kier alpha value is -0.810. The van der Waals surface area contributed by atoms with Gasteiger partial charge in [-0.1, -0.05) is 30.3 Å². The van der Waals surface area contributed by atoms with Crippen LogP contribution in [0.1, 0.15) is 31.2 Å². The molecule has 130 valence electrons. The summed E-state index contributed by atoms with van der Waals surface area (Å²) in [7, 11) is 2.17. The van der Waals surface area contributed by atoms with Gasteiger partial charge in [-0.25, -0.2) is 0 Å². The molecule has 2 aliphatic heterocycles. The van der Waals surface area contributed by atoms with Crippen molar-refractivity contribution in [2.45, 2.75) is 43.2 Å². The van der Waals surface area contributed by atoms with Crippen LogP contribution >= 0.6 is 24.8 Å². The molecule has 3 atom stereocenters. The first-order valence-corrected chi connectivity index (χ1v) is 7.80. The molecule has 3 unspecified atom stereocenters. The summed E-state index contributed by atoms with van der Waals surface area (Å²) in [5, 5.41) is 9.99. The number of carboxylic acid groups (broad SMARTS) is 1. The fraction of sp³-hybridized carbons (Fsp3) is 0.588. The van der Waals surface area contributed by atoms with E-state index >= 15 is 0 Å². The minimum Gasteiger partial charge on any atom is -0.481 e. The van der Waals surface area contributed by atoms with Gasteiger partial charge < -0.3 is 15.7 Å². The Morgan fingerprint density at radius 2 is 1.74 bits per heavy atom. The number of piperidine rings is 1. The van der Waals surface area contributed by atoms with Crippen LogP contribution in [-0.4, -0.2) is 41.7 Å². The summed E-state index contributed by atoms with van der Waals surface area (Å²) in [4.78, 5) is 14.6. The number of carboxylic acids is 1. The van der Waals surface area contributed by atoms with E-state index in [-0.39, 0.29) is 37.3 Å². The van der Waals surface area contributed by atoms with Crippen LogP contribution < -0.4 is 5.73 Å². The highest BCUT2D eigenvalue weighted by molar-refractivity contribution is 5.85. The lowest BCUT2D eigenvalue weighted by Gasteiger charge is -2.44. The molecule has 4 nitrogen and oxygen atoms in total. The van der Waals surface area contributed by atoms with Crippen molar-refractivity contribution in [3.8, 4) is 0 Å². The van der Waals surface area contributed by atoms with Gasteiger partial charge >= 0.3 is 5.97 Å². The first-order chi connectivity index (χ1) is 10.1. The maximum absolute atomic E-state index is 12.2. The molecule has 6 heteroatoms. The normalized spacial score (nSPS) is 29.0. The highest BCUT2D eigenvalue weighted by atomic mass is 35.5. The van der Waals surface area contributed by atoms with Gasteiger partial charge in [-0.15, -0.1) is 24.8 Å². The number of fused-ring (bicyclic) bond motifs is 2. The van der Waals surface area contributed by atoms with Gasteiger partial charge in [0.2, 0.25) is 0 Å². The quantitative estimate of drug-likeness (QED) is 0.865. The average Bonchev–Trinajstić information content (AvgIpc) is 2.71. The molecule has 0 spiro atoms. The van der Waals surface area contributed by atoms with Crippen molar-refractivity contribution in [1.29, 1.82) is 0 Å². The van der Waals surface area contributed by atoms with Crippen molar-refractivity contribution in [2.75, 3.05) is 13.6 Å². The molecule has 2 fully saturated rings. The minimum absolute atomic E-state index is 0. The van der Waals surface area contributed by atoms with Crippen LogP contribution in [0.15, 0.2) is 30.3 Å². The molecular formula is C17H26Cl2N2O2. The predicted octanol–water partition coefficient (Wildman–Crippen LogP) is 2.68. The largest absolute Gasteiger partial charge is 0.481 e. The van der Waals surface area contributed by atoms with Crippen LogP contribution in [0.4, 0.5) is 0 Å². The molecule has 23 heavy (non-hydrogen) atoms. The summed E-state index contributed by atoms with van der Waals surface area (Å²) in [5.74, 6) is -0.652. The zero-order valence-electron chi connectivity index (χ0n) is 13.4. The third-order valence-electron chi connectivity index (χ3n) is 5.79. The highest BCUT2D eigenvalue weighted by Crippen LogP contribution is 2.46. The molecule has 0 saturated carbocycles. The standard InChI is InChI=1S/C17H24N2O2.2ClH/c1-19-14-7-8-15(19)10-13(9-14)17(11-18,16(20)21)12-5-3-2-4-6-12;;/h2-6,13-15H,7-11,18H2,1H3,(H,20,21);2*1H. The van der Waals surface area contributed by atoms with Gasteiger partial charge in [0.15, 0.2) is 0 Å². The van der Waals surface area contributed by atoms with Crippen LogP contribution in [0.2, 0.25) is 0 Å². The fourth-order valence-electron chi connectivity index (χ4n) is 4.46. The molecule has 2 bridgehead atoms. The van der Waals surface area contributed by atoms with Crippen molar-refractivity contribution >= 4 is 30.8 Å². The Labute approximate surface area is 150 Å². The van der Waals surface area contributed by atoms with Crippen LogP contribution in [0.3, 0.4) is 0 Å². The molecule has 3 rings (SSSR count). The Morgan fingerprint density at radius 3 is 2.17 bits per heavy atom. The number of hydrogen-bond acceptors (Lipinski definition) is 3. The minimum atomic E-state index is -0.941. The number of carbonyl (C=O) groups is 1. The summed E-state index contributed by atoms with van der Waals surface area (Å²) in [5.41, 5.74) is 5.94. The molecule has 2 aliphatic rings. The molecule has 2 heterocycles. The lowest BCUT2D eigenvalue weighted by molar-refractivity contribution is -0.147. The summed E-state index contributed by atoms with van der Waals surface area (Å²) >= 11 is 0. The van der Waals surface area contributed by atoms with E-state index in [1.807, 2.05) is 30.3 Å². The van der Waals surface area contributed by atoms with Gasteiger partial charge in [-0.3, -0.25) is 4.79 Å². The third kappa shape index (κ3) is 3.22. The van der Waals surface area contributed by atoms with Gasteiger partial charge in [-0.2, -0.15) is 0 Å². The van der Waals surface area contributed by atoms with Crippen LogP contribution in [-0.2, 0) is 10.2 Å². The van der Waals surface area contributed by atoms with Crippen molar-refractivity contribution in [3.05, 3.63) is 35.9 Å². The van der Waals surface area contributed by atoms with Crippen molar-refractivity contribution in [1.82, 2.24) is 4.90 Å². The lowest BCUT2D eigenvalue weighted by Crippen LogP contribution is -2.54. The second kappa shape index (κ2) is 7.84. The highest BCUT2D eigenvalue weighted by Gasteiger charge is 2.51. The third-order valence-corrected chi connectivity index (χ3v) is 5.79. The summed E-state index contributed by atoms with van der Waals surface area (Å²) in [6, 6.07) is 10.6. The summed E-state index contributed by atoms with van der Waals surface area (Å²) in [6.45, 7) is 0.167. The second-order valence-corrected chi connectivity index (χ2v) is 6.57. The summed E-state index contributed by atoms with van der Waals surface area (Å²) < 4.78 is 0. The molecule has 1 aromatic carbocycles. The molecule has 2 saturated heterocycles. The first kappa shape index (κ1) is 20.2. The smallest absolute Gasteiger partial charge is 0.315 e. The fourth-order valence-corrected chi connectivity index (χ4v) is 4.46. The zero-order valence-corrected chi connectivity index (χ0v) is 15.0. The van der Waals surface area contributed by atoms with E-state index in [4.69, 9.17) is 5.73 Å². The Balaban J connectivity index is 0.00000132. The van der Waals surface area contributed by atoms with Crippen LogP contribution in [0.5, 0.6) is 0 Å². The van der Waals surface area contributed by atoms with E-state index in [1.54, 1.807) is 0 Å². The van der Waals surface area contributed by atoms with Crippen molar-refractivity contribution < 1.29 is 9.90 Å². The lowest BCUT2D eigenvalue weighted by atomic mass is 9.65. The monoisotopic (exact) mass is 360 g/mol. The zero-order chi connectivity index (χ0) is 15.0. The Morgan fingerprint density at radius 1 is 1.22 bits per heavy atom. The number of benzene rings is 1. The van der Waals surface area contributed by atoms with Crippen molar-refractivity contribution in [2.24, 2.45) is 11.7 Å². The summed E-state index contributed by atoms with van der Waals surface area (Å²) in [6.07, 6.45) is 4.25. The van der Waals surface area contributed by atoms with Gasteiger partial charge in [-0.05, 0) is 44.2 Å². The average molecular weight is 361 g/mol. The predicted molar refractivity (Wildman–Crippen MR) is 96.6 cm³/mol. The van der Waals surface area contributed by atoms with E-state index in [0.717, 1.165) is 18.4 Å². The van der Waals surface area contributed by atoms with E-state index < -0.39 is 11.4 Å². The van der Waals surface area contributed by atoms with E-state index in [9.17, 15) is 9.90 Å². The Bertz CT molecular complexity index is 515. The van der Waals surface area contributed by atoms with Crippen LogP contribution in [0.25, 0.3) is 0 Å². The molecule has 0 aromatic heterocycles. The Kier molecular flexibility index (Phi) is 6.90. The maximum atomic E-state index is 12.2. The number of nitrogens with two attached hydrogens (primary N) is 1. The number of aliphatic carboxylic acids is 1. The van der Waals surface area contributed by atoms with Crippen LogP contribution in [0, 0.1) is 5.92 Å². The molecule has 0 aliphatic carbocycles. The molecule has 0 amide bonds. The first-order valence-electron chi connectivity index (χ1n) is 7.80. The SMILES string of the molecule is CN1C2CCC1CC(C(CN)(C(=O)O)c1ccccc1)C2.Cl.Cl. The van der Waals surface area contributed by atoms with Gasteiger partial charge in [0, 0.05) is 18.6 Å². The number of halogens is 2. The van der Waals surface area contributed by atoms with E-state index in [2.05, 4.69) is 11.9 Å². The molecule has 0 radical (unpaired) electrons. The number of hydrogen-bond donors (Lipinski definition) is 2. The molecule has 1 aromatic rings. The van der Waals surface area contributed by atoms with E-state index in [1.165, 1.54) is 12.8 Å². The molecular weight excluding hydrogens is 335 g/mol. The number of rotatable bonds is 4. The second-order valence-electron chi connectivity index (χ2n) is 6.57. The van der Waals surface area contributed by atoms with Gasteiger partial charge in [0.05, 0.1) is 0 Å². The molecule has 3 N–H and O–H groups in total. The van der Waals surface area contributed by atoms with Gasteiger partial charge in [0.1, 0.15) is 5.41 Å². The van der Waals surface area contributed by atoms with Crippen molar-refractivity contribution in [3.63, 3.8) is 0 Å². The van der Waals surface area contributed by atoms with Gasteiger partial charge in [0.25, 0.3) is 0 Å². The number of nitrogens with zero attached hydrogens (tertiary/aromatic N) is 1.